The normalized spacial score (nSPS) is 17.2. The van der Waals surface area contributed by atoms with E-state index in [1.807, 2.05) is 0 Å². The standard InChI is InChI=1S/C20H20ClFN6O3S.2ClH/c1-28-14-5-2-10(18(30)31)8-13(14)26-20(28,16(17(23)29)24-7-6-22)27-19-25-12-4-3-11(21)9-15(12)32-19;;/h2-5,8-9,16,24,26H,6-7H2,1H3,(H2,23,29)(H,25,27)(H,30,31);2*1H. The van der Waals surface area contributed by atoms with Crippen molar-refractivity contribution in [1.82, 2.24) is 10.3 Å². The number of thiazole rings is 1. The van der Waals surface area contributed by atoms with Crippen LogP contribution in [0.25, 0.3) is 10.2 Å². The van der Waals surface area contributed by atoms with Gasteiger partial charge in [-0.3, -0.25) is 10.1 Å². The van der Waals surface area contributed by atoms with Crippen LogP contribution < -0.4 is 26.6 Å². The van der Waals surface area contributed by atoms with Crippen molar-refractivity contribution >= 4 is 86.4 Å². The number of anilines is 3. The fraction of sp³-hybridized carbons (Fsp3) is 0.250. The van der Waals surface area contributed by atoms with Crippen molar-refractivity contribution in [3.8, 4) is 0 Å². The zero-order valence-electron chi connectivity index (χ0n) is 17.7. The summed E-state index contributed by atoms with van der Waals surface area (Å²) < 4.78 is 13.8. The second-order valence-electron chi connectivity index (χ2n) is 7.22. The Hall–Kier alpha value is -2.57. The van der Waals surface area contributed by atoms with Gasteiger partial charge in [0.2, 0.25) is 11.7 Å². The number of amides is 1. The third kappa shape index (κ3) is 4.93. The molecule has 184 valence electrons. The number of aromatic carboxylic acids is 1. The number of fused-ring (bicyclic) bond motifs is 2. The van der Waals surface area contributed by atoms with Crippen molar-refractivity contribution in [2.24, 2.45) is 5.73 Å². The Morgan fingerprint density at radius 3 is 2.71 bits per heavy atom. The SMILES string of the molecule is CN1c2ccc(C(=O)O)cc2NC1(Nc1nc2ccc(Cl)cc2s1)C(NCCF)C(N)=O.Cl.Cl. The van der Waals surface area contributed by atoms with Crippen molar-refractivity contribution < 1.29 is 19.1 Å². The fourth-order valence-electron chi connectivity index (χ4n) is 3.76. The molecule has 0 fully saturated rings. The minimum absolute atomic E-state index is 0. The molecule has 4 rings (SSSR count). The van der Waals surface area contributed by atoms with E-state index in [4.69, 9.17) is 17.3 Å². The summed E-state index contributed by atoms with van der Waals surface area (Å²) in [5.74, 6) is -3.22. The second kappa shape index (κ2) is 10.8. The maximum atomic E-state index is 13.0. The number of nitrogens with two attached hydrogens (primary N) is 1. The van der Waals surface area contributed by atoms with Crippen LogP contribution in [0.1, 0.15) is 10.4 Å². The molecular weight excluding hydrogens is 530 g/mol. The highest BCUT2D eigenvalue weighted by atomic mass is 35.5. The molecule has 14 heteroatoms. The zero-order valence-corrected chi connectivity index (χ0v) is 20.9. The summed E-state index contributed by atoms with van der Waals surface area (Å²) in [4.78, 5) is 30.2. The molecule has 34 heavy (non-hydrogen) atoms. The van der Waals surface area contributed by atoms with Crippen LogP contribution in [0, 0.1) is 0 Å². The van der Waals surface area contributed by atoms with E-state index < -0.39 is 30.4 Å². The first-order valence-corrected chi connectivity index (χ1v) is 10.8. The van der Waals surface area contributed by atoms with Gasteiger partial charge in [0, 0.05) is 18.6 Å². The molecule has 1 aliphatic heterocycles. The number of alkyl halides is 1. The van der Waals surface area contributed by atoms with Gasteiger partial charge in [0.1, 0.15) is 12.7 Å². The van der Waals surface area contributed by atoms with Crippen LogP contribution in [0.3, 0.4) is 0 Å². The molecule has 2 heterocycles. The zero-order chi connectivity index (χ0) is 23.0. The lowest BCUT2D eigenvalue weighted by Crippen LogP contribution is -2.71. The Balaban J connectivity index is 0.00000204. The first kappa shape index (κ1) is 27.7. The van der Waals surface area contributed by atoms with Crippen molar-refractivity contribution in [1.29, 1.82) is 0 Å². The molecule has 1 aromatic heterocycles. The number of carboxylic acids is 1. The van der Waals surface area contributed by atoms with Gasteiger partial charge < -0.3 is 26.4 Å². The molecule has 0 bridgehead atoms. The maximum Gasteiger partial charge on any atom is 0.335 e. The molecule has 6 N–H and O–H groups in total. The van der Waals surface area contributed by atoms with Gasteiger partial charge in [0.25, 0.3) is 0 Å². The molecule has 0 radical (unpaired) electrons. The summed E-state index contributed by atoms with van der Waals surface area (Å²) in [6.45, 7) is -0.821. The lowest BCUT2D eigenvalue weighted by molar-refractivity contribution is -0.121. The van der Waals surface area contributed by atoms with Crippen molar-refractivity contribution in [3.63, 3.8) is 0 Å². The van der Waals surface area contributed by atoms with Gasteiger partial charge in [-0.25, -0.2) is 14.2 Å². The highest BCUT2D eigenvalue weighted by Gasteiger charge is 2.51. The van der Waals surface area contributed by atoms with Crippen LogP contribution in [-0.4, -0.2) is 54.1 Å². The van der Waals surface area contributed by atoms with Crippen LogP contribution >= 0.6 is 47.8 Å². The Labute approximate surface area is 215 Å². The summed E-state index contributed by atoms with van der Waals surface area (Å²) in [5, 5.41) is 19.7. The summed E-state index contributed by atoms with van der Waals surface area (Å²) in [6.07, 6.45) is 0. The molecule has 3 aromatic rings. The third-order valence-corrected chi connectivity index (χ3v) is 6.42. The molecule has 2 unspecified atom stereocenters. The van der Waals surface area contributed by atoms with E-state index in [0.717, 1.165) is 4.70 Å². The third-order valence-electron chi connectivity index (χ3n) is 5.25. The number of aromatic nitrogens is 1. The van der Waals surface area contributed by atoms with Crippen molar-refractivity contribution in [2.45, 2.75) is 11.8 Å². The molecule has 2 atom stereocenters. The van der Waals surface area contributed by atoms with Crippen LogP contribution in [0.15, 0.2) is 36.4 Å². The molecule has 1 aliphatic rings. The summed E-state index contributed by atoms with van der Waals surface area (Å²) in [5.41, 5.74) is 7.58. The molecule has 2 aromatic carbocycles. The van der Waals surface area contributed by atoms with Gasteiger partial charge in [-0.15, -0.1) is 24.8 Å². The molecule has 0 spiro atoms. The highest BCUT2D eigenvalue weighted by Crippen LogP contribution is 2.42. The average Bonchev–Trinajstić information content (AvgIpc) is 3.25. The first-order valence-electron chi connectivity index (χ1n) is 9.57. The Morgan fingerprint density at radius 1 is 1.32 bits per heavy atom. The number of carbonyl (C=O) groups excluding carboxylic acids is 1. The molecule has 1 amide bonds. The van der Waals surface area contributed by atoms with Gasteiger partial charge in [0.15, 0.2) is 5.13 Å². The minimum atomic E-state index is -1.39. The number of carbonyl (C=O) groups is 2. The maximum absolute atomic E-state index is 13.0. The number of halogens is 4. The van der Waals surface area contributed by atoms with Crippen molar-refractivity contribution in [2.75, 3.05) is 35.8 Å². The lowest BCUT2D eigenvalue weighted by Gasteiger charge is -2.42. The topological polar surface area (TPSA) is 133 Å². The molecule has 0 saturated carbocycles. The van der Waals surface area contributed by atoms with Crippen molar-refractivity contribution in [3.05, 3.63) is 47.0 Å². The van der Waals surface area contributed by atoms with Gasteiger partial charge in [0.05, 0.1) is 27.2 Å². The smallest absolute Gasteiger partial charge is 0.335 e. The summed E-state index contributed by atoms with van der Waals surface area (Å²) in [6, 6.07) is 8.71. The predicted molar refractivity (Wildman–Crippen MR) is 138 cm³/mol. The van der Waals surface area contributed by atoms with Crippen LogP contribution in [-0.2, 0) is 4.79 Å². The van der Waals surface area contributed by atoms with E-state index in [1.54, 1.807) is 36.2 Å². The Kier molecular flexibility index (Phi) is 8.78. The van der Waals surface area contributed by atoms with Gasteiger partial charge >= 0.3 is 5.97 Å². The summed E-state index contributed by atoms with van der Waals surface area (Å²) >= 11 is 7.40. The van der Waals surface area contributed by atoms with E-state index in [1.165, 1.54) is 23.5 Å². The molecule has 0 aliphatic carbocycles. The van der Waals surface area contributed by atoms with E-state index in [9.17, 15) is 19.1 Å². The molecule has 0 saturated heterocycles. The molecule has 9 nitrogen and oxygen atoms in total. The number of rotatable bonds is 8. The van der Waals surface area contributed by atoms with E-state index in [2.05, 4.69) is 20.9 Å². The van der Waals surface area contributed by atoms with E-state index in [-0.39, 0.29) is 36.9 Å². The number of nitrogens with one attached hydrogen (secondary N) is 3. The number of hydrogen-bond donors (Lipinski definition) is 5. The van der Waals surface area contributed by atoms with E-state index in [0.29, 0.717) is 27.0 Å². The average molecular weight is 552 g/mol. The van der Waals surface area contributed by atoms with Gasteiger partial charge in [-0.2, -0.15) is 0 Å². The summed E-state index contributed by atoms with van der Waals surface area (Å²) in [7, 11) is 1.71. The quantitative estimate of drug-likeness (QED) is 0.287. The van der Waals surface area contributed by atoms with Gasteiger partial charge in [-0.05, 0) is 36.4 Å². The Bertz CT molecular complexity index is 1220. The van der Waals surface area contributed by atoms with Crippen LogP contribution in [0.2, 0.25) is 5.02 Å². The first-order chi connectivity index (χ1) is 15.2. The number of likely N-dealkylation sites (N-methyl/N-ethyl adjacent to an activating group) is 1. The van der Waals surface area contributed by atoms with Gasteiger partial charge in [-0.1, -0.05) is 22.9 Å². The number of nitrogens with zero attached hydrogens (tertiary/aromatic N) is 2. The van der Waals surface area contributed by atoms with Crippen LogP contribution in [0.5, 0.6) is 0 Å². The Morgan fingerprint density at radius 2 is 2.06 bits per heavy atom. The number of carboxylic acid groups (broad SMARTS) is 1. The predicted octanol–water partition coefficient (Wildman–Crippen LogP) is 3.53. The highest BCUT2D eigenvalue weighted by molar-refractivity contribution is 7.22. The lowest BCUT2D eigenvalue weighted by atomic mass is 10.1. The van der Waals surface area contributed by atoms with E-state index >= 15 is 0 Å². The number of benzene rings is 2. The number of hydrogen-bond acceptors (Lipinski definition) is 8. The molecular formula is C20H22Cl3FN6O3S. The largest absolute Gasteiger partial charge is 0.478 e. The van der Waals surface area contributed by atoms with Crippen LogP contribution in [0.4, 0.5) is 20.9 Å². The fourth-order valence-corrected chi connectivity index (χ4v) is 4.96. The minimum Gasteiger partial charge on any atom is -0.478 e. The number of primary amides is 1. The second-order valence-corrected chi connectivity index (χ2v) is 8.69. The monoisotopic (exact) mass is 550 g/mol.